The van der Waals surface area contributed by atoms with Crippen LogP contribution in [0.1, 0.15) is 23.0 Å². The highest BCUT2D eigenvalue weighted by Gasteiger charge is 2.33. The van der Waals surface area contributed by atoms with E-state index in [2.05, 4.69) is 11.9 Å². The predicted octanol–water partition coefficient (Wildman–Crippen LogP) is 2.23. The lowest BCUT2D eigenvalue weighted by Gasteiger charge is -2.20. The first-order valence-electron chi connectivity index (χ1n) is 7.08. The molecule has 3 rings (SSSR count). The van der Waals surface area contributed by atoms with Gasteiger partial charge in [-0.15, -0.1) is 11.3 Å². The van der Waals surface area contributed by atoms with Crippen LogP contribution in [0.4, 0.5) is 5.13 Å². The van der Waals surface area contributed by atoms with Crippen LogP contribution < -0.4 is 10.6 Å². The fourth-order valence-electron chi connectivity index (χ4n) is 2.76. The molecular weight excluding hydrogens is 304 g/mol. The SMILES string of the molecule is CC1CC(CN)CN1C(=O)c1cc2sc(N(C)C)nc2s1. The Morgan fingerprint density at radius 2 is 2.29 bits per heavy atom. The van der Waals surface area contributed by atoms with Gasteiger partial charge < -0.3 is 15.5 Å². The zero-order valence-electron chi connectivity index (χ0n) is 12.5. The van der Waals surface area contributed by atoms with Gasteiger partial charge in [-0.2, -0.15) is 0 Å². The summed E-state index contributed by atoms with van der Waals surface area (Å²) in [5.41, 5.74) is 5.74. The van der Waals surface area contributed by atoms with E-state index in [1.54, 1.807) is 11.3 Å². The molecular formula is C14H20N4OS2. The first kappa shape index (κ1) is 14.7. The number of carbonyl (C=O) groups is 1. The third kappa shape index (κ3) is 2.65. The van der Waals surface area contributed by atoms with Crippen LogP contribution in [0.5, 0.6) is 0 Å². The first-order chi connectivity index (χ1) is 9.99. The van der Waals surface area contributed by atoms with Crippen LogP contribution in [0.15, 0.2) is 6.07 Å². The van der Waals surface area contributed by atoms with Crippen LogP contribution in [-0.4, -0.2) is 49.0 Å². The van der Waals surface area contributed by atoms with Crippen molar-refractivity contribution >= 4 is 43.2 Å². The minimum atomic E-state index is 0.125. The molecule has 1 amide bonds. The van der Waals surface area contributed by atoms with Crippen molar-refractivity contribution in [1.29, 1.82) is 0 Å². The number of hydrogen-bond donors (Lipinski definition) is 1. The number of nitrogens with two attached hydrogens (primary N) is 1. The lowest BCUT2D eigenvalue weighted by molar-refractivity contribution is 0.0748. The van der Waals surface area contributed by atoms with Gasteiger partial charge in [0.1, 0.15) is 4.83 Å². The number of likely N-dealkylation sites (tertiary alicyclic amines) is 1. The summed E-state index contributed by atoms with van der Waals surface area (Å²) in [6.45, 7) is 3.53. The maximum absolute atomic E-state index is 12.7. The van der Waals surface area contributed by atoms with E-state index >= 15 is 0 Å². The fraction of sp³-hybridized carbons (Fsp3) is 0.571. The van der Waals surface area contributed by atoms with E-state index < -0.39 is 0 Å². The number of rotatable bonds is 3. The first-order valence-corrected chi connectivity index (χ1v) is 8.71. The molecule has 1 aliphatic rings. The lowest BCUT2D eigenvalue weighted by Crippen LogP contribution is -2.33. The Balaban J connectivity index is 1.83. The second-order valence-corrected chi connectivity index (χ2v) is 7.85. The third-order valence-electron chi connectivity index (χ3n) is 3.93. The van der Waals surface area contributed by atoms with Gasteiger partial charge in [-0.05, 0) is 31.9 Å². The Bertz CT molecular complexity index is 632. The molecule has 0 aromatic carbocycles. The van der Waals surface area contributed by atoms with Crippen molar-refractivity contribution in [3.05, 3.63) is 10.9 Å². The minimum Gasteiger partial charge on any atom is -0.354 e. The highest BCUT2D eigenvalue weighted by Crippen LogP contribution is 2.35. The maximum Gasteiger partial charge on any atom is 0.264 e. The normalized spacial score (nSPS) is 22.2. The van der Waals surface area contributed by atoms with Gasteiger partial charge in [0.05, 0.1) is 9.58 Å². The second-order valence-electron chi connectivity index (χ2n) is 5.81. The van der Waals surface area contributed by atoms with Crippen molar-refractivity contribution in [2.45, 2.75) is 19.4 Å². The molecule has 2 atom stereocenters. The van der Waals surface area contributed by atoms with Gasteiger partial charge >= 0.3 is 0 Å². The van der Waals surface area contributed by atoms with Gasteiger partial charge in [0.25, 0.3) is 5.91 Å². The van der Waals surface area contributed by atoms with Crippen LogP contribution >= 0.6 is 22.7 Å². The largest absolute Gasteiger partial charge is 0.354 e. The molecule has 1 fully saturated rings. The molecule has 1 aliphatic heterocycles. The number of nitrogens with zero attached hydrogens (tertiary/aromatic N) is 3. The van der Waals surface area contributed by atoms with E-state index in [1.807, 2.05) is 30.0 Å². The Hall–Kier alpha value is -1.18. The van der Waals surface area contributed by atoms with Crippen LogP contribution in [0.2, 0.25) is 0 Å². The van der Waals surface area contributed by atoms with Crippen LogP contribution in [0.3, 0.4) is 0 Å². The number of amides is 1. The summed E-state index contributed by atoms with van der Waals surface area (Å²) >= 11 is 3.12. The molecule has 2 aromatic heterocycles. The van der Waals surface area contributed by atoms with Gasteiger partial charge in [-0.1, -0.05) is 11.3 Å². The highest BCUT2D eigenvalue weighted by atomic mass is 32.1. The minimum absolute atomic E-state index is 0.125. The number of hydrogen-bond acceptors (Lipinski definition) is 6. The molecule has 21 heavy (non-hydrogen) atoms. The zero-order valence-corrected chi connectivity index (χ0v) is 14.1. The topological polar surface area (TPSA) is 62.5 Å². The van der Waals surface area contributed by atoms with Crippen molar-refractivity contribution in [3.63, 3.8) is 0 Å². The van der Waals surface area contributed by atoms with Crippen LogP contribution in [-0.2, 0) is 0 Å². The van der Waals surface area contributed by atoms with Gasteiger partial charge in [0.2, 0.25) is 0 Å². The van der Waals surface area contributed by atoms with E-state index in [0.717, 1.165) is 32.5 Å². The zero-order chi connectivity index (χ0) is 15.1. The van der Waals surface area contributed by atoms with E-state index in [1.165, 1.54) is 11.3 Å². The average Bonchev–Trinajstić information content (AvgIpc) is 3.09. The van der Waals surface area contributed by atoms with E-state index in [9.17, 15) is 4.79 Å². The number of thiazole rings is 1. The molecule has 2 unspecified atom stereocenters. The summed E-state index contributed by atoms with van der Waals surface area (Å²) in [5.74, 6) is 0.559. The smallest absolute Gasteiger partial charge is 0.264 e. The van der Waals surface area contributed by atoms with Gasteiger partial charge in [-0.25, -0.2) is 4.98 Å². The number of carbonyl (C=O) groups excluding carboxylic acids is 1. The molecule has 0 saturated carbocycles. The quantitative estimate of drug-likeness (QED) is 0.940. The molecule has 5 nitrogen and oxygen atoms in total. The molecule has 1 saturated heterocycles. The Labute approximate surface area is 132 Å². The molecule has 0 spiro atoms. The average molecular weight is 324 g/mol. The maximum atomic E-state index is 12.7. The molecule has 2 aromatic rings. The van der Waals surface area contributed by atoms with Crippen molar-refractivity contribution < 1.29 is 4.79 Å². The van der Waals surface area contributed by atoms with Gasteiger partial charge in [0, 0.05) is 26.7 Å². The summed E-state index contributed by atoms with van der Waals surface area (Å²) in [6, 6.07) is 2.26. The highest BCUT2D eigenvalue weighted by molar-refractivity contribution is 7.29. The molecule has 0 aliphatic carbocycles. The Kier molecular flexibility index (Phi) is 3.90. The van der Waals surface area contributed by atoms with E-state index in [0.29, 0.717) is 12.5 Å². The summed E-state index contributed by atoms with van der Waals surface area (Å²) in [4.78, 5) is 22.9. The van der Waals surface area contributed by atoms with Gasteiger partial charge in [0.15, 0.2) is 5.13 Å². The number of fused-ring (bicyclic) bond motifs is 1. The molecule has 0 bridgehead atoms. The number of anilines is 1. The summed E-state index contributed by atoms with van der Waals surface area (Å²) in [5, 5.41) is 0.980. The fourth-order valence-corrected chi connectivity index (χ4v) is 4.85. The second kappa shape index (κ2) is 5.55. The molecule has 7 heteroatoms. The lowest BCUT2D eigenvalue weighted by atomic mass is 10.1. The number of aromatic nitrogens is 1. The van der Waals surface area contributed by atoms with E-state index in [-0.39, 0.29) is 11.9 Å². The van der Waals surface area contributed by atoms with Crippen molar-refractivity contribution in [2.24, 2.45) is 11.7 Å². The Morgan fingerprint density at radius 3 is 2.86 bits per heavy atom. The summed E-state index contributed by atoms with van der Waals surface area (Å²) < 4.78 is 1.09. The van der Waals surface area contributed by atoms with Crippen LogP contribution in [0.25, 0.3) is 9.53 Å². The monoisotopic (exact) mass is 324 g/mol. The standard InChI is InChI=1S/C14H20N4OS2/c1-8-4-9(6-15)7-18(8)13(19)11-5-10-12(20-11)16-14(21-10)17(2)3/h5,8-9H,4,6-7,15H2,1-3H3. The summed E-state index contributed by atoms with van der Waals surface area (Å²) in [7, 11) is 3.96. The molecule has 2 N–H and O–H groups in total. The Morgan fingerprint density at radius 1 is 1.52 bits per heavy atom. The third-order valence-corrected chi connectivity index (χ3v) is 6.24. The van der Waals surface area contributed by atoms with Crippen molar-refractivity contribution in [2.75, 3.05) is 32.1 Å². The summed E-state index contributed by atoms with van der Waals surface area (Å²) in [6.07, 6.45) is 1.00. The number of thiophene rings is 1. The molecule has 3 heterocycles. The van der Waals surface area contributed by atoms with E-state index in [4.69, 9.17) is 5.73 Å². The van der Waals surface area contributed by atoms with Gasteiger partial charge in [-0.3, -0.25) is 4.79 Å². The van der Waals surface area contributed by atoms with Crippen molar-refractivity contribution in [3.8, 4) is 0 Å². The van der Waals surface area contributed by atoms with Crippen LogP contribution in [0, 0.1) is 5.92 Å². The predicted molar refractivity (Wildman–Crippen MR) is 89.5 cm³/mol. The molecule has 0 radical (unpaired) electrons. The van der Waals surface area contributed by atoms with Crippen molar-refractivity contribution in [1.82, 2.24) is 9.88 Å². The molecule has 114 valence electrons.